The largest absolute Gasteiger partial charge is 0.397 e. The van der Waals surface area contributed by atoms with E-state index in [4.69, 9.17) is 5.73 Å². The molecular weight excluding hydrogens is 186 g/mol. The van der Waals surface area contributed by atoms with Crippen LogP contribution < -0.4 is 11.1 Å². The van der Waals surface area contributed by atoms with Gasteiger partial charge in [0.15, 0.2) is 0 Å². The highest BCUT2D eigenvalue weighted by molar-refractivity contribution is 5.41. The molecular formula is C12H21N3. The maximum absolute atomic E-state index is 5.79. The average molecular weight is 207 g/mol. The third-order valence-corrected chi connectivity index (χ3v) is 2.82. The molecule has 0 saturated carbocycles. The molecule has 3 nitrogen and oxygen atoms in total. The average Bonchev–Trinajstić information content (AvgIpc) is 2.20. The summed E-state index contributed by atoms with van der Waals surface area (Å²) in [5.41, 5.74) is 7.50. The van der Waals surface area contributed by atoms with Crippen LogP contribution in [0, 0.1) is 11.8 Å². The van der Waals surface area contributed by atoms with Gasteiger partial charge in [-0.1, -0.05) is 20.8 Å². The fraction of sp³-hybridized carbons (Fsp3) is 0.583. The fourth-order valence-corrected chi connectivity index (χ4v) is 1.25. The van der Waals surface area contributed by atoms with Gasteiger partial charge in [-0.3, -0.25) is 4.98 Å². The lowest BCUT2D eigenvalue weighted by Crippen LogP contribution is -2.24. The first-order chi connectivity index (χ1) is 7.11. The van der Waals surface area contributed by atoms with Crippen molar-refractivity contribution in [2.24, 2.45) is 11.8 Å². The number of nitrogens with two attached hydrogens (primary N) is 1. The third kappa shape index (κ3) is 3.88. The van der Waals surface area contributed by atoms with E-state index in [1.54, 1.807) is 6.20 Å². The van der Waals surface area contributed by atoms with Crippen LogP contribution in [0.5, 0.6) is 0 Å². The minimum atomic E-state index is 0.676. The molecule has 1 unspecified atom stereocenters. The van der Waals surface area contributed by atoms with Crippen LogP contribution in [0.3, 0.4) is 0 Å². The van der Waals surface area contributed by atoms with Gasteiger partial charge in [0, 0.05) is 12.7 Å². The molecule has 0 bridgehead atoms. The Morgan fingerprint density at radius 1 is 1.40 bits per heavy atom. The Hall–Kier alpha value is -1.09. The molecule has 0 saturated heterocycles. The van der Waals surface area contributed by atoms with E-state index >= 15 is 0 Å². The summed E-state index contributed by atoms with van der Waals surface area (Å²) in [7, 11) is 0. The van der Waals surface area contributed by atoms with Crippen LogP contribution in [0.15, 0.2) is 18.3 Å². The van der Waals surface area contributed by atoms with E-state index in [1.165, 1.54) is 0 Å². The molecule has 1 aromatic heterocycles. The molecule has 0 fully saturated rings. The zero-order valence-electron chi connectivity index (χ0n) is 9.83. The summed E-state index contributed by atoms with van der Waals surface area (Å²) in [5.74, 6) is 1.38. The molecule has 15 heavy (non-hydrogen) atoms. The van der Waals surface area contributed by atoms with Crippen molar-refractivity contribution in [2.45, 2.75) is 27.3 Å². The van der Waals surface area contributed by atoms with Crippen molar-refractivity contribution in [1.82, 2.24) is 10.3 Å². The first-order valence-electron chi connectivity index (χ1n) is 5.51. The maximum atomic E-state index is 5.79. The summed E-state index contributed by atoms with van der Waals surface area (Å²) < 4.78 is 0. The number of rotatable bonds is 5. The third-order valence-electron chi connectivity index (χ3n) is 2.82. The lowest BCUT2D eigenvalue weighted by Gasteiger charge is -2.16. The van der Waals surface area contributed by atoms with Crippen molar-refractivity contribution in [1.29, 1.82) is 0 Å². The molecule has 1 atom stereocenters. The van der Waals surface area contributed by atoms with Crippen LogP contribution in [-0.2, 0) is 6.54 Å². The number of anilines is 1. The highest BCUT2D eigenvalue weighted by atomic mass is 14.9. The lowest BCUT2D eigenvalue weighted by molar-refractivity contribution is 0.392. The van der Waals surface area contributed by atoms with E-state index < -0.39 is 0 Å². The molecule has 3 heteroatoms. The highest BCUT2D eigenvalue weighted by Gasteiger charge is 2.06. The van der Waals surface area contributed by atoms with E-state index in [9.17, 15) is 0 Å². The van der Waals surface area contributed by atoms with Gasteiger partial charge in [0.25, 0.3) is 0 Å². The molecule has 3 N–H and O–H groups in total. The number of hydrogen-bond acceptors (Lipinski definition) is 3. The number of nitrogen functional groups attached to an aromatic ring is 1. The maximum Gasteiger partial charge on any atom is 0.0770 e. The molecule has 0 spiro atoms. The Bertz CT molecular complexity index is 297. The molecule has 1 aromatic rings. The van der Waals surface area contributed by atoms with Crippen LogP contribution in [0.2, 0.25) is 0 Å². The normalized spacial score (nSPS) is 13.1. The molecule has 1 heterocycles. The van der Waals surface area contributed by atoms with Gasteiger partial charge < -0.3 is 11.1 Å². The van der Waals surface area contributed by atoms with Crippen molar-refractivity contribution in [3.8, 4) is 0 Å². The van der Waals surface area contributed by atoms with E-state index in [2.05, 4.69) is 31.1 Å². The summed E-state index contributed by atoms with van der Waals surface area (Å²) in [5, 5.41) is 3.38. The monoisotopic (exact) mass is 207 g/mol. The number of nitrogens with one attached hydrogen (secondary N) is 1. The van der Waals surface area contributed by atoms with Gasteiger partial charge in [0.05, 0.1) is 11.4 Å². The second-order valence-electron chi connectivity index (χ2n) is 4.39. The van der Waals surface area contributed by atoms with Crippen LogP contribution in [0.4, 0.5) is 5.69 Å². The van der Waals surface area contributed by atoms with Gasteiger partial charge >= 0.3 is 0 Å². The molecule has 0 aromatic carbocycles. The molecule has 0 aliphatic heterocycles. The molecule has 0 aliphatic rings. The van der Waals surface area contributed by atoms with Gasteiger partial charge in [-0.2, -0.15) is 0 Å². The van der Waals surface area contributed by atoms with Gasteiger partial charge in [-0.15, -0.1) is 0 Å². The minimum Gasteiger partial charge on any atom is -0.397 e. The number of aromatic nitrogens is 1. The summed E-state index contributed by atoms with van der Waals surface area (Å²) in [6.07, 6.45) is 1.78. The first-order valence-corrected chi connectivity index (χ1v) is 5.51. The molecule has 84 valence electrons. The van der Waals surface area contributed by atoms with E-state index in [0.29, 0.717) is 11.8 Å². The Balaban J connectivity index is 2.35. The topological polar surface area (TPSA) is 50.9 Å². The number of nitrogens with zero attached hydrogens (tertiary/aromatic N) is 1. The van der Waals surface area contributed by atoms with Crippen LogP contribution in [0.25, 0.3) is 0 Å². The van der Waals surface area contributed by atoms with Crippen molar-refractivity contribution in [2.75, 3.05) is 12.3 Å². The first kappa shape index (κ1) is 12.0. The predicted molar refractivity (Wildman–Crippen MR) is 64.4 cm³/mol. The van der Waals surface area contributed by atoms with Gasteiger partial charge in [-0.05, 0) is 30.5 Å². The quantitative estimate of drug-likeness (QED) is 0.777. The number of hydrogen-bond donors (Lipinski definition) is 2. The highest BCUT2D eigenvalue weighted by Crippen LogP contribution is 2.09. The van der Waals surface area contributed by atoms with E-state index in [-0.39, 0.29) is 0 Å². The lowest BCUT2D eigenvalue weighted by atomic mass is 9.98. The minimum absolute atomic E-state index is 0.676. The second-order valence-corrected chi connectivity index (χ2v) is 4.39. The molecule has 0 aliphatic carbocycles. The fourth-order valence-electron chi connectivity index (χ4n) is 1.25. The summed E-state index contributed by atoms with van der Waals surface area (Å²) in [6.45, 7) is 8.49. The standard InChI is InChI=1S/C12H21N3/c1-9(2)10(3)7-14-8-12-11(13)5-4-6-15-12/h4-6,9-10,14H,7-8,13H2,1-3H3. The van der Waals surface area contributed by atoms with Gasteiger partial charge in [0.1, 0.15) is 0 Å². The number of pyridine rings is 1. The Morgan fingerprint density at radius 3 is 2.73 bits per heavy atom. The zero-order valence-corrected chi connectivity index (χ0v) is 9.83. The Morgan fingerprint density at radius 2 is 2.13 bits per heavy atom. The SMILES string of the molecule is CC(C)C(C)CNCc1ncccc1N. The summed E-state index contributed by atoms with van der Waals surface area (Å²) in [6, 6.07) is 3.74. The van der Waals surface area contributed by atoms with Crippen molar-refractivity contribution < 1.29 is 0 Å². The smallest absolute Gasteiger partial charge is 0.0770 e. The van der Waals surface area contributed by atoms with Gasteiger partial charge in [-0.25, -0.2) is 0 Å². The van der Waals surface area contributed by atoms with Crippen LogP contribution >= 0.6 is 0 Å². The van der Waals surface area contributed by atoms with Gasteiger partial charge in [0.2, 0.25) is 0 Å². The summed E-state index contributed by atoms with van der Waals surface area (Å²) >= 11 is 0. The van der Waals surface area contributed by atoms with E-state index in [1.807, 2.05) is 12.1 Å². The van der Waals surface area contributed by atoms with Crippen molar-refractivity contribution >= 4 is 5.69 Å². The predicted octanol–water partition coefficient (Wildman–Crippen LogP) is 2.05. The van der Waals surface area contributed by atoms with E-state index in [0.717, 1.165) is 24.5 Å². The summed E-state index contributed by atoms with van der Waals surface area (Å²) in [4.78, 5) is 4.23. The zero-order chi connectivity index (χ0) is 11.3. The molecule has 0 radical (unpaired) electrons. The van der Waals surface area contributed by atoms with Crippen LogP contribution in [-0.4, -0.2) is 11.5 Å². The Kier molecular flexibility index (Phi) is 4.56. The van der Waals surface area contributed by atoms with Crippen molar-refractivity contribution in [3.05, 3.63) is 24.0 Å². The van der Waals surface area contributed by atoms with Crippen LogP contribution in [0.1, 0.15) is 26.5 Å². The molecule has 0 amide bonds. The Labute approximate surface area is 92.1 Å². The van der Waals surface area contributed by atoms with Crippen molar-refractivity contribution in [3.63, 3.8) is 0 Å². The second kappa shape index (κ2) is 5.71. The molecule has 1 rings (SSSR count).